The number of nitrogens with one attached hydrogen (secondary N) is 3. The van der Waals surface area contributed by atoms with Crippen LogP contribution in [0.25, 0.3) is 0 Å². The van der Waals surface area contributed by atoms with Crippen LogP contribution >= 0.6 is 0 Å². The monoisotopic (exact) mass is 412 g/mol. The summed E-state index contributed by atoms with van der Waals surface area (Å²) in [5.74, 6) is -0.773. The van der Waals surface area contributed by atoms with Crippen molar-refractivity contribution in [2.75, 3.05) is 11.9 Å². The third kappa shape index (κ3) is 7.27. The van der Waals surface area contributed by atoms with Gasteiger partial charge < -0.3 is 20.5 Å². The molecule has 0 saturated carbocycles. The number of carbonyl (C=O) groups excluding carboxylic acids is 3. The minimum absolute atomic E-state index is 0.113. The van der Waals surface area contributed by atoms with Crippen LogP contribution in [0.4, 0.5) is 10.5 Å². The molecule has 0 unspecified atom stereocenters. The van der Waals surface area contributed by atoms with Gasteiger partial charge in [0, 0.05) is 16.8 Å². The predicted octanol–water partition coefficient (Wildman–Crippen LogP) is 2.65. The van der Waals surface area contributed by atoms with Crippen LogP contribution in [0.5, 0.6) is 5.75 Å². The van der Waals surface area contributed by atoms with Crippen LogP contribution in [0.1, 0.15) is 36.7 Å². The topological polar surface area (TPSA) is 144 Å². The van der Waals surface area contributed by atoms with Gasteiger partial charge in [-0.1, -0.05) is 12.1 Å². The normalized spacial score (nSPS) is 10.6. The number of amides is 3. The van der Waals surface area contributed by atoms with Gasteiger partial charge in [-0.2, -0.15) is 0 Å². The molecule has 2 rings (SSSR count). The molecule has 2 aromatic rings. The van der Waals surface area contributed by atoms with Gasteiger partial charge in [-0.05, 0) is 57.2 Å². The molecule has 0 spiro atoms. The number of benzene rings is 2. The third-order valence-corrected chi connectivity index (χ3v) is 3.57. The number of hydrogen-bond acceptors (Lipinski definition) is 6. The first kappa shape index (κ1) is 22.4. The molecular weight excluding hydrogens is 388 g/mol. The maximum Gasteiger partial charge on any atom is 0.344 e. The Morgan fingerprint density at radius 3 is 2.07 bits per heavy atom. The van der Waals surface area contributed by atoms with Gasteiger partial charge in [0.15, 0.2) is 6.61 Å². The lowest BCUT2D eigenvalue weighted by atomic mass is 10.1. The van der Waals surface area contributed by atoms with Crippen LogP contribution in [0, 0.1) is 5.41 Å². The largest absolute Gasteiger partial charge is 0.482 e. The summed E-state index contributed by atoms with van der Waals surface area (Å²) < 4.78 is 10.5. The highest BCUT2D eigenvalue weighted by atomic mass is 16.6. The van der Waals surface area contributed by atoms with Gasteiger partial charge in [-0.25, -0.2) is 9.59 Å². The fraction of sp³-hybridized carbons (Fsp3) is 0.238. The number of urea groups is 1. The molecule has 0 aromatic heterocycles. The van der Waals surface area contributed by atoms with Crippen molar-refractivity contribution in [3.63, 3.8) is 0 Å². The molecule has 0 heterocycles. The van der Waals surface area contributed by atoms with Crippen LogP contribution in [0.3, 0.4) is 0 Å². The summed E-state index contributed by atoms with van der Waals surface area (Å²) in [7, 11) is 0. The van der Waals surface area contributed by atoms with E-state index < -0.39 is 23.5 Å². The molecule has 3 amide bonds. The van der Waals surface area contributed by atoms with Gasteiger partial charge in [-0.3, -0.25) is 15.5 Å². The second kappa shape index (κ2) is 9.55. The Hall–Kier alpha value is -3.88. The number of carbonyl (C=O) groups is 3. The fourth-order valence-electron chi connectivity index (χ4n) is 2.29. The average molecular weight is 412 g/mol. The number of rotatable bonds is 6. The molecule has 9 nitrogen and oxygen atoms in total. The Labute approximate surface area is 174 Å². The van der Waals surface area contributed by atoms with E-state index in [4.69, 9.17) is 20.6 Å². The minimum Gasteiger partial charge on any atom is -0.482 e. The summed E-state index contributed by atoms with van der Waals surface area (Å²) in [6.07, 6.45) is 0. The molecule has 5 N–H and O–H groups in total. The zero-order valence-corrected chi connectivity index (χ0v) is 16.9. The van der Waals surface area contributed by atoms with E-state index in [1.54, 1.807) is 45.0 Å². The number of hydrogen-bond donors (Lipinski definition) is 4. The van der Waals surface area contributed by atoms with E-state index in [1.807, 2.05) is 0 Å². The molecule has 0 bridgehead atoms. The maximum atomic E-state index is 12.1. The van der Waals surface area contributed by atoms with Crippen LogP contribution in [-0.2, 0) is 9.53 Å². The molecule has 0 aliphatic rings. The van der Waals surface area contributed by atoms with Crippen LogP contribution < -0.4 is 21.1 Å². The van der Waals surface area contributed by atoms with E-state index in [-0.39, 0.29) is 18.0 Å². The lowest BCUT2D eigenvalue weighted by Gasteiger charge is -2.19. The van der Waals surface area contributed by atoms with Crippen molar-refractivity contribution in [3.8, 4) is 5.75 Å². The molecule has 0 radical (unpaired) electrons. The van der Waals surface area contributed by atoms with Crippen LogP contribution in [0.15, 0.2) is 48.5 Å². The Morgan fingerprint density at radius 1 is 0.967 bits per heavy atom. The highest BCUT2D eigenvalue weighted by Crippen LogP contribution is 2.16. The molecule has 0 atom stereocenters. The summed E-state index contributed by atoms with van der Waals surface area (Å²) in [5.41, 5.74) is 5.93. The molecule has 30 heavy (non-hydrogen) atoms. The first-order chi connectivity index (χ1) is 14.0. The highest BCUT2D eigenvalue weighted by molar-refractivity contribution is 6.08. The molecule has 0 saturated heterocycles. The zero-order chi connectivity index (χ0) is 22.3. The Balaban J connectivity index is 1.84. The predicted molar refractivity (Wildman–Crippen MR) is 112 cm³/mol. The molecule has 0 fully saturated rings. The van der Waals surface area contributed by atoms with Crippen molar-refractivity contribution < 1.29 is 23.9 Å². The van der Waals surface area contributed by atoms with Gasteiger partial charge in [0.2, 0.25) is 0 Å². The van der Waals surface area contributed by atoms with Gasteiger partial charge in [0.05, 0.1) is 0 Å². The number of amidine groups is 1. The number of nitrogen functional groups attached to an aromatic ring is 1. The van der Waals surface area contributed by atoms with Crippen molar-refractivity contribution in [1.29, 1.82) is 5.41 Å². The molecule has 0 aliphatic heterocycles. The average Bonchev–Trinajstić information content (AvgIpc) is 2.66. The number of esters is 1. The van der Waals surface area contributed by atoms with Crippen molar-refractivity contribution in [2.24, 2.45) is 5.73 Å². The van der Waals surface area contributed by atoms with Crippen molar-refractivity contribution in [2.45, 2.75) is 26.4 Å². The van der Waals surface area contributed by atoms with Gasteiger partial charge in [0.25, 0.3) is 5.91 Å². The van der Waals surface area contributed by atoms with E-state index in [1.165, 1.54) is 24.3 Å². The molecule has 158 valence electrons. The van der Waals surface area contributed by atoms with Gasteiger partial charge in [0.1, 0.15) is 17.2 Å². The van der Waals surface area contributed by atoms with Crippen molar-refractivity contribution in [3.05, 3.63) is 59.7 Å². The zero-order valence-electron chi connectivity index (χ0n) is 16.9. The number of imide groups is 1. The minimum atomic E-state index is -0.710. The number of nitrogens with two attached hydrogens (primary N) is 1. The summed E-state index contributed by atoms with van der Waals surface area (Å²) in [6, 6.07) is 11.5. The van der Waals surface area contributed by atoms with E-state index in [0.29, 0.717) is 17.0 Å². The van der Waals surface area contributed by atoms with Crippen molar-refractivity contribution in [1.82, 2.24) is 5.32 Å². The first-order valence-corrected chi connectivity index (χ1v) is 9.05. The SMILES string of the molecule is CC(C)(C)OC(=O)COc1ccc(NC(=O)NC(=O)c2ccc(C(=N)N)cc2)cc1. The molecular formula is C21H24N4O5. The van der Waals surface area contributed by atoms with E-state index in [0.717, 1.165) is 0 Å². The Morgan fingerprint density at radius 2 is 1.53 bits per heavy atom. The summed E-state index contributed by atoms with van der Waals surface area (Å²) >= 11 is 0. The quantitative estimate of drug-likeness (QED) is 0.326. The Kier molecular flexibility index (Phi) is 7.13. The highest BCUT2D eigenvalue weighted by Gasteiger charge is 2.16. The molecule has 2 aromatic carbocycles. The standard InChI is InChI=1S/C21H24N4O5/c1-21(2,3)30-17(26)12-29-16-10-8-15(9-11-16)24-20(28)25-19(27)14-6-4-13(5-7-14)18(22)23/h4-11H,12H2,1-3H3,(H3,22,23)(H2,24,25,27,28). The third-order valence-electron chi connectivity index (χ3n) is 3.57. The van der Waals surface area contributed by atoms with Crippen LogP contribution in [0.2, 0.25) is 0 Å². The Bertz CT molecular complexity index is 931. The smallest absolute Gasteiger partial charge is 0.344 e. The number of ether oxygens (including phenoxy) is 2. The van der Waals surface area contributed by atoms with Gasteiger partial charge in [-0.15, -0.1) is 0 Å². The van der Waals surface area contributed by atoms with E-state index >= 15 is 0 Å². The fourth-order valence-corrected chi connectivity index (χ4v) is 2.29. The van der Waals surface area contributed by atoms with Crippen molar-refractivity contribution >= 4 is 29.4 Å². The lowest BCUT2D eigenvalue weighted by Crippen LogP contribution is -2.34. The van der Waals surface area contributed by atoms with Gasteiger partial charge >= 0.3 is 12.0 Å². The number of anilines is 1. The summed E-state index contributed by atoms with van der Waals surface area (Å²) in [5, 5.41) is 12.1. The maximum absolute atomic E-state index is 12.1. The molecule has 9 heteroatoms. The summed E-state index contributed by atoms with van der Waals surface area (Å²) in [4.78, 5) is 35.8. The van der Waals surface area contributed by atoms with E-state index in [2.05, 4.69) is 10.6 Å². The second-order valence-corrected chi connectivity index (χ2v) is 7.30. The first-order valence-electron chi connectivity index (χ1n) is 9.05. The van der Waals surface area contributed by atoms with Crippen LogP contribution in [-0.4, -0.2) is 36.0 Å². The van der Waals surface area contributed by atoms with E-state index in [9.17, 15) is 14.4 Å². The lowest BCUT2D eigenvalue weighted by molar-refractivity contribution is -0.157. The summed E-state index contributed by atoms with van der Waals surface area (Å²) in [6.45, 7) is 5.06. The second-order valence-electron chi connectivity index (χ2n) is 7.30. The molecule has 0 aliphatic carbocycles.